The monoisotopic (exact) mass is 380 g/mol. The molecular formula is C18H28N4O3S. The summed E-state index contributed by atoms with van der Waals surface area (Å²) in [6.45, 7) is 6.05. The maximum absolute atomic E-state index is 13.1. The number of anilines is 1. The molecular weight excluding hydrogens is 352 g/mol. The molecule has 0 spiro atoms. The highest BCUT2D eigenvalue weighted by atomic mass is 32.2. The lowest BCUT2D eigenvalue weighted by Gasteiger charge is -2.27. The average molecular weight is 381 g/mol. The van der Waals surface area contributed by atoms with Crippen LogP contribution in [0.25, 0.3) is 0 Å². The normalized spacial score (nSPS) is 22.8. The van der Waals surface area contributed by atoms with Crippen molar-refractivity contribution in [2.24, 2.45) is 0 Å². The number of amides is 1. The van der Waals surface area contributed by atoms with Gasteiger partial charge in [-0.2, -0.15) is 0 Å². The lowest BCUT2D eigenvalue weighted by atomic mass is 10.2. The van der Waals surface area contributed by atoms with Crippen LogP contribution in [0, 0.1) is 6.92 Å². The highest BCUT2D eigenvalue weighted by Crippen LogP contribution is 2.22. The highest BCUT2D eigenvalue weighted by Gasteiger charge is 2.35. The molecule has 1 amide bonds. The van der Waals surface area contributed by atoms with Crippen molar-refractivity contribution in [1.29, 1.82) is 0 Å². The van der Waals surface area contributed by atoms with E-state index in [-0.39, 0.29) is 23.5 Å². The first kappa shape index (κ1) is 19.1. The molecule has 1 aromatic rings. The predicted octanol–water partition coefficient (Wildman–Crippen LogP) is 1.81. The zero-order valence-electron chi connectivity index (χ0n) is 15.6. The van der Waals surface area contributed by atoms with Crippen LogP contribution in [0.2, 0.25) is 0 Å². The third-order valence-corrected chi connectivity index (χ3v) is 6.97. The van der Waals surface area contributed by atoms with Crippen LogP contribution in [-0.4, -0.2) is 66.4 Å². The van der Waals surface area contributed by atoms with Crippen LogP contribution >= 0.6 is 0 Å². The van der Waals surface area contributed by atoms with Gasteiger partial charge in [0.2, 0.25) is 0 Å². The third-order valence-electron chi connectivity index (χ3n) is 5.22. The molecule has 0 aliphatic carbocycles. The summed E-state index contributed by atoms with van der Waals surface area (Å²) >= 11 is 0. The molecule has 26 heavy (non-hydrogen) atoms. The zero-order chi connectivity index (χ0) is 18.7. The SMILES string of the molecule is CCN(C(=O)c1cc(N2CCCCCC2)nc(C)n1)C1CCS(=O)(=O)C1. The second-order valence-corrected chi connectivity index (χ2v) is 9.44. The minimum atomic E-state index is -3.04. The number of aromatic nitrogens is 2. The van der Waals surface area contributed by atoms with Crippen LogP contribution in [0.5, 0.6) is 0 Å². The topological polar surface area (TPSA) is 83.5 Å². The summed E-state index contributed by atoms with van der Waals surface area (Å²) in [5, 5.41) is 0. The Morgan fingerprint density at radius 1 is 1.23 bits per heavy atom. The summed E-state index contributed by atoms with van der Waals surface area (Å²) in [6, 6.07) is 1.52. The van der Waals surface area contributed by atoms with Gasteiger partial charge in [-0.05, 0) is 33.1 Å². The van der Waals surface area contributed by atoms with Crippen LogP contribution in [0.4, 0.5) is 5.82 Å². The maximum atomic E-state index is 13.1. The Morgan fingerprint density at radius 2 is 1.92 bits per heavy atom. The minimum absolute atomic E-state index is 0.0512. The number of nitrogens with zero attached hydrogens (tertiary/aromatic N) is 4. The van der Waals surface area contributed by atoms with Crippen molar-refractivity contribution in [3.05, 3.63) is 17.6 Å². The number of carbonyl (C=O) groups is 1. The second kappa shape index (κ2) is 7.90. The molecule has 0 bridgehead atoms. The molecule has 2 fully saturated rings. The molecule has 0 N–H and O–H groups in total. The summed E-state index contributed by atoms with van der Waals surface area (Å²) in [6.07, 6.45) is 5.23. The van der Waals surface area contributed by atoms with Crippen molar-refractivity contribution in [3.63, 3.8) is 0 Å². The van der Waals surface area contributed by atoms with E-state index in [1.807, 2.05) is 6.92 Å². The Morgan fingerprint density at radius 3 is 2.50 bits per heavy atom. The first-order valence-electron chi connectivity index (χ1n) is 9.51. The van der Waals surface area contributed by atoms with E-state index < -0.39 is 9.84 Å². The number of aryl methyl sites for hydroxylation is 1. The predicted molar refractivity (Wildman–Crippen MR) is 101 cm³/mol. The summed E-state index contributed by atoms with van der Waals surface area (Å²) < 4.78 is 23.6. The van der Waals surface area contributed by atoms with E-state index in [1.165, 1.54) is 12.8 Å². The van der Waals surface area contributed by atoms with Crippen LogP contribution in [0.3, 0.4) is 0 Å². The lowest BCUT2D eigenvalue weighted by molar-refractivity contribution is 0.0702. The Kier molecular flexibility index (Phi) is 5.79. The Balaban J connectivity index is 1.84. The van der Waals surface area contributed by atoms with Gasteiger partial charge in [0.1, 0.15) is 17.3 Å². The third kappa shape index (κ3) is 4.34. The van der Waals surface area contributed by atoms with Gasteiger partial charge in [0.05, 0.1) is 11.5 Å². The second-order valence-electron chi connectivity index (χ2n) is 7.21. The highest BCUT2D eigenvalue weighted by molar-refractivity contribution is 7.91. The van der Waals surface area contributed by atoms with Gasteiger partial charge in [-0.25, -0.2) is 18.4 Å². The Labute approximate surface area is 155 Å². The molecule has 2 aliphatic rings. The molecule has 8 heteroatoms. The van der Waals surface area contributed by atoms with Crippen LogP contribution in [0.15, 0.2) is 6.07 Å². The van der Waals surface area contributed by atoms with E-state index in [2.05, 4.69) is 14.9 Å². The quantitative estimate of drug-likeness (QED) is 0.792. The van der Waals surface area contributed by atoms with Crippen molar-refractivity contribution >= 4 is 21.6 Å². The summed E-state index contributed by atoms with van der Waals surface area (Å²) in [7, 11) is -3.04. The Hall–Kier alpha value is -1.70. The van der Waals surface area contributed by atoms with Gasteiger partial charge in [-0.3, -0.25) is 4.79 Å². The molecule has 1 atom stereocenters. The smallest absolute Gasteiger partial charge is 0.272 e. The van der Waals surface area contributed by atoms with Crippen LogP contribution < -0.4 is 4.90 Å². The van der Waals surface area contributed by atoms with Crippen molar-refractivity contribution in [1.82, 2.24) is 14.9 Å². The van der Waals surface area contributed by atoms with Crippen LogP contribution in [-0.2, 0) is 9.84 Å². The van der Waals surface area contributed by atoms with Crippen molar-refractivity contribution in [2.75, 3.05) is 36.0 Å². The van der Waals surface area contributed by atoms with Gasteiger partial charge >= 0.3 is 0 Å². The minimum Gasteiger partial charge on any atom is -0.356 e. The fourth-order valence-corrected chi connectivity index (χ4v) is 5.59. The molecule has 144 valence electrons. The molecule has 3 heterocycles. The maximum Gasteiger partial charge on any atom is 0.272 e. The fourth-order valence-electron chi connectivity index (χ4n) is 3.86. The first-order chi connectivity index (χ1) is 12.4. The largest absolute Gasteiger partial charge is 0.356 e. The molecule has 0 aromatic carbocycles. The zero-order valence-corrected chi connectivity index (χ0v) is 16.5. The van der Waals surface area contributed by atoms with Gasteiger partial charge in [0.15, 0.2) is 9.84 Å². The lowest BCUT2D eigenvalue weighted by Crippen LogP contribution is -2.41. The molecule has 2 saturated heterocycles. The van der Waals surface area contributed by atoms with Gasteiger partial charge in [-0.1, -0.05) is 12.8 Å². The molecule has 3 rings (SSSR count). The van der Waals surface area contributed by atoms with E-state index in [9.17, 15) is 13.2 Å². The standard InChI is InChI=1S/C18H28N4O3S/c1-3-22(15-8-11-26(24,25)13-15)18(23)16-12-17(20-14(2)19-16)21-9-6-4-5-7-10-21/h12,15H,3-11,13H2,1-2H3. The van der Waals surface area contributed by atoms with Crippen molar-refractivity contribution in [2.45, 2.75) is 52.0 Å². The van der Waals surface area contributed by atoms with Gasteiger partial charge in [0, 0.05) is 31.7 Å². The van der Waals surface area contributed by atoms with E-state index in [0.29, 0.717) is 24.5 Å². The number of carbonyl (C=O) groups excluding carboxylic acids is 1. The molecule has 0 radical (unpaired) electrons. The number of hydrogen-bond acceptors (Lipinski definition) is 6. The summed E-state index contributed by atoms with van der Waals surface area (Å²) in [5.41, 5.74) is 0.364. The first-order valence-corrected chi connectivity index (χ1v) is 11.3. The van der Waals surface area contributed by atoms with E-state index in [4.69, 9.17) is 0 Å². The van der Waals surface area contributed by atoms with Crippen LogP contribution in [0.1, 0.15) is 55.3 Å². The average Bonchev–Trinajstić information content (AvgIpc) is 2.81. The van der Waals surface area contributed by atoms with Gasteiger partial charge in [0.25, 0.3) is 5.91 Å². The number of sulfone groups is 1. The Bertz CT molecular complexity index is 758. The molecule has 0 saturated carbocycles. The van der Waals surface area contributed by atoms with E-state index >= 15 is 0 Å². The van der Waals surface area contributed by atoms with Crippen molar-refractivity contribution in [3.8, 4) is 0 Å². The molecule has 7 nitrogen and oxygen atoms in total. The van der Waals surface area contributed by atoms with E-state index in [1.54, 1.807) is 17.9 Å². The fraction of sp³-hybridized carbons (Fsp3) is 0.722. The van der Waals surface area contributed by atoms with E-state index in [0.717, 1.165) is 31.7 Å². The molecule has 1 unspecified atom stereocenters. The van der Waals surface area contributed by atoms with Gasteiger partial charge < -0.3 is 9.80 Å². The summed E-state index contributed by atoms with van der Waals surface area (Å²) in [4.78, 5) is 25.8. The van der Waals surface area contributed by atoms with Gasteiger partial charge in [-0.15, -0.1) is 0 Å². The molecule has 1 aromatic heterocycles. The summed E-state index contributed by atoms with van der Waals surface area (Å²) in [5.74, 6) is 1.39. The number of hydrogen-bond donors (Lipinski definition) is 0. The number of rotatable bonds is 4. The van der Waals surface area contributed by atoms with Crippen molar-refractivity contribution < 1.29 is 13.2 Å². The molecule has 2 aliphatic heterocycles.